The molecule has 104 valence electrons. The predicted octanol–water partition coefficient (Wildman–Crippen LogP) is 4.28. The van der Waals surface area contributed by atoms with Crippen LogP contribution in [-0.2, 0) is 13.1 Å². The van der Waals surface area contributed by atoms with Crippen LogP contribution >= 0.6 is 22.7 Å². The minimum absolute atomic E-state index is 0.454. The van der Waals surface area contributed by atoms with Crippen LogP contribution in [0.5, 0.6) is 0 Å². The second kappa shape index (κ2) is 6.53. The average molecular weight is 311 g/mol. The van der Waals surface area contributed by atoms with Crippen LogP contribution in [0.4, 0.5) is 5.82 Å². The summed E-state index contributed by atoms with van der Waals surface area (Å²) in [6, 6.07) is 16.1. The Morgan fingerprint density at radius 2 is 1.62 bits per heavy atom. The molecule has 3 aromatic rings. The maximum atomic E-state index is 9.03. The Balaban J connectivity index is 1.88. The first-order valence-corrected chi connectivity index (χ1v) is 8.28. The minimum atomic E-state index is 0.454. The Morgan fingerprint density at radius 1 is 0.952 bits per heavy atom. The molecule has 0 radical (unpaired) electrons. The molecular weight excluding hydrogens is 298 g/mol. The lowest BCUT2D eigenvalue weighted by atomic mass is 10.3. The zero-order valence-corrected chi connectivity index (χ0v) is 12.9. The average Bonchev–Trinajstić information content (AvgIpc) is 3.20. The third-order valence-electron chi connectivity index (χ3n) is 3.03. The molecular formula is C16H13N3S2. The van der Waals surface area contributed by atoms with Crippen molar-refractivity contribution in [3.63, 3.8) is 0 Å². The van der Waals surface area contributed by atoms with E-state index in [0.29, 0.717) is 5.69 Å². The van der Waals surface area contributed by atoms with Crippen molar-refractivity contribution in [3.05, 3.63) is 68.7 Å². The second-order valence-corrected chi connectivity index (χ2v) is 6.57. The molecule has 0 N–H and O–H groups in total. The van der Waals surface area contributed by atoms with Crippen molar-refractivity contribution in [2.75, 3.05) is 4.90 Å². The molecule has 0 unspecified atom stereocenters. The van der Waals surface area contributed by atoms with Gasteiger partial charge in [0.25, 0.3) is 0 Å². The summed E-state index contributed by atoms with van der Waals surface area (Å²) in [4.78, 5) is 9.21. The first-order chi connectivity index (χ1) is 10.3. The van der Waals surface area contributed by atoms with Crippen LogP contribution in [0.15, 0.2) is 53.2 Å². The Kier molecular flexibility index (Phi) is 4.29. The molecule has 0 atom stereocenters. The highest BCUT2D eigenvalue weighted by Crippen LogP contribution is 2.22. The summed E-state index contributed by atoms with van der Waals surface area (Å²) in [5.74, 6) is 0.843. The molecule has 0 aliphatic rings. The molecule has 0 aromatic carbocycles. The maximum Gasteiger partial charge on any atom is 0.142 e. The van der Waals surface area contributed by atoms with Gasteiger partial charge >= 0.3 is 0 Å². The van der Waals surface area contributed by atoms with Gasteiger partial charge in [-0.15, -0.1) is 22.7 Å². The van der Waals surface area contributed by atoms with Crippen LogP contribution < -0.4 is 4.90 Å². The van der Waals surface area contributed by atoms with Gasteiger partial charge in [0, 0.05) is 9.75 Å². The smallest absolute Gasteiger partial charge is 0.142 e. The number of nitrogens with zero attached hydrogens (tertiary/aromatic N) is 3. The number of nitriles is 1. The largest absolute Gasteiger partial charge is 0.346 e. The zero-order chi connectivity index (χ0) is 14.5. The first kappa shape index (κ1) is 13.8. The van der Waals surface area contributed by atoms with Crippen molar-refractivity contribution in [2.45, 2.75) is 13.1 Å². The number of hydrogen-bond acceptors (Lipinski definition) is 5. The van der Waals surface area contributed by atoms with Gasteiger partial charge in [-0.3, -0.25) is 0 Å². The normalized spacial score (nSPS) is 10.2. The summed E-state index contributed by atoms with van der Waals surface area (Å²) in [7, 11) is 0. The molecule has 0 fully saturated rings. The van der Waals surface area contributed by atoms with Gasteiger partial charge in [0.05, 0.1) is 13.1 Å². The molecule has 21 heavy (non-hydrogen) atoms. The van der Waals surface area contributed by atoms with E-state index in [1.165, 1.54) is 9.75 Å². The van der Waals surface area contributed by atoms with Gasteiger partial charge in [-0.2, -0.15) is 5.26 Å². The molecule has 3 rings (SSSR count). The molecule has 0 amide bonds. The van der Waals surface area contributed by atoms with Crippen LogP contribution in [0.2, 0.25) is 0 Å². The fourth-order valence-corrected chi connectivity index (χ4v) is 3.50. The number of pyridine rings is 1. The van der Waals surface area contributed by atoms with Crippen LogP contribution in [0.3, 0.4) is 0 Å². The summed E-state index contributed by atoms with van der Waals surface area (Å²) >= 11 is 3.47. The Hall–Kier alpha value is -2.16. The number of rotatable bonds is 5. The monoisotopic (exact) mass is 311 g/mol. The van der Waals surface area contributed by atoms with Crippen LogP contribution in [0.25, 0.3) is 0 Å². The highest BCUT2D eigenvalue weighted by molar-refractivity contribution is 7.10. The number of thiophene rings is 2. The minimum Gasteiger partial charge on any atom is -0.346 e. The van der Waals surface area contributed by atoms with E-state index >= 15 is 0 Å². The summed E-state index contributed by atoms with van der Waals surface area (Å²) in [6.07, 6.45) is 0. The van der Waals surface area contributed by atoms with Gasteiger partial charge in [0.1, 0.15) is 17.6 Å². The molecule has 5 heteroatoms. The lowest BCUT2D eigenvalue weighted by molar-refractivity contribution is 0.799. The van der Waals surface area contributed by atoms with Crippen LogP contribution in [-0.4, -0.2) is 4.98 Å². The van der Waals surface area contributed by atoms with Crippen molar-refractivity contribution in [1.82, 2.24) is 4.98 Å². The molecule has 0 bridgehead atoms. The molecule has 0 aliphatic carbocycles. The van der Waals surface area contributed by atoms with Gasteiger partial charge in [-0.25, -0.2) is 4.98 Å². The molecule has 0 saturated carbocycles. The van der Waals surface area contributed by atoms with E-state index in [2.05, 4.69) is 51.0 Å². The van der Waals surface area contributed by atoms with E-state index < -0.39 is 0 Å². The molecule has 0 spiro atoms. The number of aromatic nitrogens is 1. The fraction of sp³-hybridized carbons (Fsp3) is 0.125. The molecule has 0 aliphatic heterocycles. The third kappa shape index (κ3) is 3.48. The van der Waals surface area contributed by atoms with Gasteiger partial charge in [-0.05, 0) is 35.0 Å². The zero-order valence-electron chi connectivity index (χ0n) is 11.3. The van der Waals surface area contributed by atoms with Crippen molar-refractivity contribution < 1.29 is 0 Å². The Labute approximate surface area is 131 Å². The fourth-order valence-electron chi connectivity index (χ4n) is 2.06. The molecule has 3 aromatic heterocycles. The van der Waals surface area contributed by atoms with Crippen molar-refractivity contribution in [2.24, 2.45) is 0 Å². The maximum absolute atomic E-state index is 9.03. The Bertz CT molecular complexity index is 691. The highest BCUT2D eigenvalue weighted by atomic mass is 32.1. The van der Waals surface area contributed by atoms with E-state index in [1.807, 2.05) is 12.1 Å². The molecule has 3 heterocycles. The van der Waals surface area contributed by atoms with Crippen LogP contribution in [0.1, 0.15) is 15.4 Å². The molecule has 0 saturated heterocycles. The van der Waals surface area contributed by atoms with E-state index in [-0.39, 0.29) is 0 Å². The van der Waals surface area contributed by atoms with E-state index in [0.717, 1.165) is 18.9 Å². The van der Waals surface area contributed by atoms with Crippen molar-refractivity contribution in [3.8, 4) is 6.07 Å². The summed E-state index contributed by atoms with van der Waals surface area (Å²) < 4.78 is 0. The first-order valence-electron chi connectivity index (χ1n) is 6.52. The number of anilines is 1. The molecule has 3 nitrogen and oxygen atoms in total. The SMILES string of the molecule is N#Cc1cccc(N(Cc2cccs2)Cc2cccs2)n1. The van der Waals surface area contributed by atoms with Crippen LogP contribution in [0, 0.1) is 11.3 Å². The topological polar surface area (TPSA) is 39.9 Å². The Morgan fingerprint density at radius 3 is 2.14 bits per heavy atom. The third-order valence-corrected chi connectivity index (χ3v) is 4.75. The standard InChI is InChI=1S/C16H13N3S2/c17-10-13-4-1-7-16(18-13)19(11-14-5-2-8-20-14)12-15-6-3-9-21-15/h1-9H,11-12H2. The summed E-state index contributed by atoms with van der Waals surface area (Å²) in [5, 5.41) is 13.2. The second-order valence-electron chi connectivity index (χ2n) is 4.51. The van der Waals surface area contributed by atoms with Crippen molar-refractivity contribution >= 4 is 28.5 Å². The van der Waals surface area contributed by atoms with Gasteiger partial charge in [0.15, 0.2) is 0 Å². The van der Waals surface area contributed by atoms with E-state index in [9.17, 15) is 0 Å². The van der Waals surface area contributed by atoms with Gasteiger partial charge in [-0.1, -0.05) is 18.2 Å². The van der Waals surface area contributed by atoms with E-state index in [1.54, 1.807) is 28.7 Å². The summed E-state index contributed by atoms with van der Waals surface area (Å²) in [5.41, 5.74) is 0.454. The quantitative estimate of drug-likeness (QED) is 0.706. The highest BCUT2D eigenvalue weighted by Gasteiger charge is 2.11. The lowest BCUT2D eigenvalue weighted by Gasteiger charge is -2.22. The van der Waals surface area contributed by atoms with Gasteiger partial charge < -0.3 is 4.90 Å². The van der Waals surface area contributed by atoms with Gasteiger partial charge in [0.2, 0.25) is 0 Å². The lowest BCUT2D eigenvalue weighted by Crippen LogP contribution is -2.22. The van der Waals surface area contributed by atoms with E-state index in [4.69, 9.17) is 5.26 Å². The van der Waals surface area contributed by atoms with Crippen molar-refractivity contribution in [1.29, 1.82) is 5.26 Å². The summed E-state index contributed by atoms with van der Waals surface area (Å²) in [6.45, 7) is 1.61. The number of hydrogen-bond donors (Lipinski definition) is 0. The predicted molar refractivity (Wildman–Crippen MR) is 87.5 cm³/mol.